The van der Waals surface area contributed by atoms with Crippen LogP contribution in [0, 0.1) is 23.0 Å². The van der Waals surface area contributed by atoms with E-state index in [2.05, 4.69) is 20.3 Å². The van der Waals surface area contributed by atoms with Crippen molar-refractivity contribution < 1.29 is 32.2 Å². The van der Waals surface area contributed by atoms with Gasteiger partial charge >= 0.3 is 18.1 Å². The van der Waals surface area contributed by atoms with Gasteiger partial charge in [-0.25, -0.2) is 22.8 Å². The van der Waals surface area contributed by atoms with Gasteiger partial charge in [0, 0.05) is 68.2 Å². The lowest BCUT2D eigenvalue weighted by Crippen LogP contribution is -2.43. The van der Waals surface area contributed by atoms with Gasteiger partial charge in [-0.05, 0) is 70.7 Å². The van der Waals surface area contributed by atoms with E-state index in [0.29, 0.717) is 38.2 Å². The number of ether oxygens (including phenoxy) is 2. The number of nitriles is 1. The molecule has 0 bridgehead atoms. The second-order valence-corrected chi connectivity index (χ2v) is 17.7. The minimum atomic E-state index is -0.992. The predicted octanol–water partition coefficient (Wildman–Crippen LogP) is 8.30. The molecule has 0 unspecified atom stereocenters. The molecule has 2 aromatic carbocycles. The maximum absolute atomic E-state index is 17.5. The van der Waals surface area contributed by atoms with Crippen LogP contribution < -0.4 is 15.0 Å². The highest BCUT2D eigenvalue weighted by Crippen LogP contribution is 2.47. The first-order valence-electron chi connectivity index (χ1n) is 19.0. The quantitative estimate of drug-likeness (QED) is 0.178. The lowest BCUT2D eigenvalue weighted by atomic mass is 9.95. The van der Waals surface area contributed by atoms with Gasteiger partial charge in [0.25, 0.3) is 0 Å². The molecule has 18 heteroatoms. The molecule has 2 amide bonds. The van der Waals surface area contributed by atoms with Crippen LogP contribution in [0.15, 0.2) is 24.4 Å². The zero-order chi connectivity index (χ0) is 41.3. The minimum absolute atomic E-state index is 0.000147. The molecule has 13 nitrogen and oxygen atoms in total. The van der Waals surface area contributed by atoms with Crippen molar-refractivity contribution in [1.82, 2.24) is 29.5 Å². The highest BCUT2D eigenvalue weighted by Gasteiger charge is 2.49. The van der Waals surface area contributed by atoms with E-state index < -0.39 is 35.0 Å². The number of nitrogens with one attached hydrogen (secondary N) is 1. The number of thiophene rings is 1. The summed E-state index contributed by atoms with van der Waals surface area (Å²) in [7, 11) is 3.28. The van der Waals surface area contributed by atoms with E-state index in [1.807, 2.05) is 11.0 Å². The molecular formula is C40H41ClF3N9O4S. The van der Waals surface area contributed by atoms with Crippen LogP contribution in [-0.2, 0) is 17.7 Å². The first-order chi connectivity index (χ1) is 27.6. The summed E-state index contributed by atoms with van der Waals surface area (Å²) in [5.41, 5.74) is -0.123. The van der Waals surface area contributed by atoms with Crippen LogP contribution in [0.2, 0.25) is 5.02 Å². The third-order valence-electron chi connectivity index (χ3n) is 10.8. The fourth-order valence-electron chi connectivity index (χ4n) is 8.32. The first-order valence-corrected chi connectivity index (χ1v) is 20.2. The second-order valence-electron chi connectivity index (χ2n) is 16.2. The second kappa shape index (κ2) is 14.9. The third kappa shape index (κ3) is 7.15. The molecule has 0 aliphatic carbocycles. The van der Waals surface area contributed by atoms with Crippen LogP contribution >= 0.6 is 22.9 Å². The fraction of sp³-hybridized carbons (Fsp3) is 0.450. The van der Waals surface area contributed by atoms with E-state index in [4.69, 9.17) is 26.1 Å². The summed E-state index contributed by atoms with van der Waals surface area (Å²) in [6.45, 7) is 6.96. The molecule has 58 heavy (non-hydrogen) atoms. The smallest absolute Gasteiger partial charge is 0.412 e. The molecule has 3 aromatic heterocycles. The number of halogens is 4. The van der Waals surface area contributed by atoms with Gasteiger partial charge in [0.1, 0.15) is 46.6 Å². The summed E-state index contributed by atoms with van der Waals surface area (Å²) in [6.07, 6.45) is 3.00. The van der Waals surface area contributed by atoms with E-state index in [-0.39, 0.29) is 72.9 Å². The highest BCUT2D eigenvalue weighted by molar-refractivity contribution is 7.23. The zero-order valence-corrected chi connectivity index (χ0v) is 34.2. The number of rotatable bonds is 6. The number of carbonyl (C=O) groups excluding carboxylic acids is 2. The van der Waals surface area contributed by atoms with Gasteiger partial charge in [0.2, 0.25) is 0 Å². The number of benzene rings is 2. The molecule has 2 fully saturated rings. The lowest BCUT2D eigenvalue weighted by molar-refractivity contribution is 0.0636. The average molecular weight is 836 g/mol. The van der Waals surface area contributed by atoms with Crippen LogP contribution in [0.3, 0.4) is 0 Å². The summed E-state index contributed by atoms with van der Waals surface area (Å²) in [6, 6.07) is 5.64. The molecule has 0 saturated carbocycles. The van der Waals surface area contributed by atoms with Gasteiger partial charge in [0.15, 0.2) is 5.82 Å². The van der Waals surface area contributed by atoms with Gasteiger partial charge in [-0.3, -0.25) is 10.2 Å². The number of carbonyl (C=O) groups is 2. The van der Waals surface area contributed by atoms with E-state index in [1.54, 1.807) is 41.1 Å². The summed E-state index contributed by atoms with van der Waals surface area (Å²) in [5.74, 6) is -1.23. The highest BCUT2D eigenvalue weighted by atomic mass is 35.5. The molecule has 6 heterocycles. The van der Waals surface area contributed by atoms with Crippen molar-refractivity contribution in [2.45, 2.75) is 76.7 Å². The van der Waals surface area contributed by atoms with Crippen LogP contribution in [0.25, 0.3) is 32.1 Å². The summed E-state index contributed by atoms with van der Waals surface area (Å²) >= 11 is 7.81. The summed E-state index contributed by atoms with van der Waals surface area (Å²) < 4.78 is 60.6. The number of amides is 2. The predicted molar refractivity (Wildman–Crippen MR) is 214 cm³/mol. The van der Waals surface area contributed by atoms with Crippen molar-refractivity contribution in [3.05, 3.63) is 57.9 Å². The van der Waals surface area contributed by atoms with Crippen LogP contribution in [0.5, 0.6) is 6.01 Å². The Labute approximate surface area is 341 Å². The zero-order valence-electron chi connectivity index (χ0n) is 32.6. The first kappa shape index (κ1) is 39.6. The van der Waals surface area contributed by atoms with Gasteiger partial charge in [-0.1, -0.05) is 17.7 Å². The van der Waals surface area contributed by atoms with Crippen molar-refractivity contribution in [3.63, 3.8) is 0 Å². The summed E-state index contributed by atoms with van der Waals surface area (Å²) in [4.78, 5) is 40.4. The maximum Gasteiger partial charge on any atom is 0.412 e. The minimum Gasteiger partial charge on any atom is -0.461 e. The Morgan fingerprint density at radius 1 is 1.19 bits per heavy atom. The Morgan fingerprint density at radius 2 is 1.98 bits per heavy atom. The van der Waals surface area contributed by atoms with Crippen molar-refractivity contribution in [1.29, 1.82) is 5.26 Å². The molecule has 2 atom stereocenters. The maximum atomic E-state index is 17.5. The number of nitrogens with zero attached hydrogens (tertiary/aromatic N) is 8. The number of alkyl halides is 1. The Hall–Kier alpha value is -5.18. The lowest BCUT2D eigenvalue weighted by Gasteiger charge is -2.31. The van der Waals surface area contributed by atoms with Gasteiger partial charge in [-0.15, -0.1) is 11.3 Å². The van der Waals surface area contributed by atoms with E-state index in [1.165, 1.54) is 21.7 Å². The largest absolute Gasteiger partial charge is 0.461 e. The third-order valence-corrected chi connectivity index (χ3v) is 12.2. The molecule has 2 saturated heterocycles. The number of aryl methyl sites for hydroxylation is 1. The normalized spacial score (nSPS) is 19.5. The van der Waals surface area contributed by atoms with Gasteiger partial charge in [0.05, 0.1) is 26.5 Å². The molecule has 304 valence electrons. The topological polar surface area (TPSA) is 142 Å². The molecule has 3 aliphatic heterocycles. The molecule has 1 N–H and O–H groups in total. The number of hydrogen-bond donors (Lipinski definition) is 1. The van der Waals surface area contributed by atoms with Crippen molar-refractivity contribution >= 4 is 66.9 Å². The van der Waals surface area contributed by atoms with E-state index in [0.717, 1.165) is 48.0 Å². The Morgan fingerprint density at radius 3 is 2.72 bits per heavy atom. The monoisotopic (exact) mass is 835 g/mol. The Kier molecular flexibility index (Phi) is 10.2. The van der Waals surface area contributed by atoms with Crippen molar-refractivity contribution in [3.8, 4) is 23.2 Å². The molecule has 8 rings (SSSR count). The molecule has 5 aromatic rings. The Bertz CT molecular complexity index is 2530. The van der Waals surface area contributed by atoms with Gasteiger partial charge < -0.3 is 19.3 Å². The number of anilines is 2. The number of fused-ring (bicyclic) bond motifs is 4. The molecule has 0 radical (unpaired) electrons. The average Bonchev–Trinajstić information content (AvgIpc) is 3.88. The molecule has 3 aliphatic rings. The molecule has 0 spiro atoms. The Balaban J connectivity index is 1.26. The van der Waals surface area contributed by atoms with Crippen molar-refractivity contribution in [2.24, 2.45) is 0 Å². The standard InChI is InChI=1S/C40H41ClF3N9O4S/c1-39(2,3)57-37(54)48-35-25(16-45)29-23(9-10-27(43)33(29)58-35)30-26(41)14-24-32(31(30)44)46-36(56-20-40-11-7-13-52(40)19-22(42)15-40)47-34(24)51-12-6-8-28-21(17-51)18-53(49-28)38(55)50(4)5/h9-10,14,18,22H,6-8,11-13,15,17,19-20H2,1-5H3,(H,48,54)/t22-,40+/m1/s1. The number of hydrogen-bond acceptors (Lipinski definition) is 11. The van der Waals surface area contributed by atoms with Crippen LogP contribution in [-0.4, -0.2) is 99.3 Å². The van der Waals surface area contributed by atoms with Crippen LogP contribution in [0.1, 0.15) is 63.3 Å². The summed E-state index contributed by atoms with van der Waals surface area (Å²) in [5, 5.41) is 17.7. The van der Waals surface area contributed by atoms with E-state index in [9.17, 15) is 19.2 Å². The van der Waals surface area contributed by atoms with Crippen molar-refractivity contribution in [2.75, 3.05) is 50.6 Å². The SMILES string of the molecule is CN(C)C(=O)n1cc2c(n1)CCCN(c1nc(OC[C@@]34CCCN3C[C@H](F)C4)nc3c(F)c(-c4ccc(F)c5sc(NC(=O)OC(C)(C)C)c(C#N)c45)c(Cl)cc13)C2. The molecular weight excluding hydrogens is 795 g/mol. The van der Waals surface area contributed by atoms with E-state index >= 15 is 8.78 Å². The number of aromatic nitrogens is 4. The van der Waals surface area contributed by atoms with Gasteiger partial charge in [-0.2, -0.15) is 25.0 Å². The van der Waals surface area contributed by atoms with Crippen LogP contribution in [0.4, 0.5) is 33.6 Å². The fourth-order valence-corrected chi connectivity index (χ4v) is 9.69.